The van der Waals surface area contributed by atoms with E-state index in [-0.39, 0.29) is 18.6 Å². The normalized spacial score (nSPS) is 20.7. The predicted molar refractivity (Wildman–Crippen MR) is 176 cm³/mol. The Morgan fingerprint density at radius 1 is 1.07 bits per heavy atom. The van der Waals surface area contributed by atoms with Gasteiger partial charge in [0.15, 0.2) is 0 Å². The molecule has 3 aliphatic rings. The molecule has 0 unspecified atom stereocenters. The first-order chi connectivity index (χ1) is 21.6. The van der Waals surface area contributed by atoms with Crippen LogP contribution in [0.2, 0.25) is 5.02 Å². The number of likely N-dealkylation sites (tertiary alicyclic amines) is 1. The molecule has 0 N–H and O–H groups in total. The second-order valence-electron chi connectivity index (χ2n) is 13.3. The van der Waals surface area contributed by atoms with Crippen LogP contribution in [0.1, 0.15) is 51.3 Å². The summed E-state index contributed by atoms with van der Waals surface area (Å²) in [4.78, 5) is 31.6. The number of likely N-dealkylation sites (N-methyl/N-ethyl adjacent to an activating group) is 1. The number of amides is 1. The van der Waals surface area contributed by atoms with Gasteiger partial charge in [0.2, 0.25) is 0 Å². The molecule has 238 valence electrons. The average molecular weight is 632 g/mol. The monoisotopic (exact) mass is 631 g/mol. The van der Waals surface area contributed by atoms with Crippen molar-refractivity contribution in [2.24, 2.45) is 0 Å². The van der Waals surface area contributed by atoms with Crippen LogP contribution in [0, 0.1) is 11.3 Å². The lowest BCUT2D eigenvalue weighted by Crippen LogP contribution is -2.56. The largest absolute Gasteiger partial charge is 0.462 e. The zero-order chi connectivity index (χ0) is 31.7. The minimum Gasteiger partial charge on any atom is -0.462 e. The number of rotatable bonds is 6. The van der Waals surface area contributed by atoms with E-state index >= 15 is 0 Å². The number of ether oxygens (including phenoxy) is 2. The Bertz CT molecular complexity index is 1600. The van der Waals surface area contributed by atoms with Gasteiger partial charge in [-0.25, -0.2) is 4.79 Å². The molecule has 45 heavy (non-hydrogen) atoms. The highest BCUT2D eigenvalue weighted by Crippen LogP contribution is 2.37. The Balaban J connectivity index is 1.32. The molecular formula is C34H42ClN7O3. The van der Waals surface area contributed by atoms with E-state index in [1.165, 1.54) is 0 Å². The lowest BCUT2D eigenvalue weighted by molar-refractivity contribution is 0.0144. The van der Waals surface area contributed by atoms with Gasteiger partial charge in [-0.1, -0.05) is 35.9 Å². The third-order valence-corrected chi connectivity index (χ3v) is 9.32. The molecule has 3 aliphatic heterocycles. The van der Waals surface area contributed by atoms with Gasteiger partial charge < -0.3 is 29.1 Å². The first kappa shape index (κ1) is 31.2. The highest BCUT2D eigenvalue weighted by molar-refractivity contribution is 6.36. The van der Waals surface area contributed by atoms with Crippen LogP contribution in [0.25, 0.3) is 10.8 Å². The van der Waals surface area contributed by atoms with Crippen molar-refractivity contribution in [2.75, 3.05) is 56.2 Å². The van der Waals surface area contributed by atoms with Crippen molar-refractivity contribution in [3.63, 3.8) is 0 Å². The van der Waals surface area contributed by atoms with Crippen molar-refractivity contribution in [3.05, 3.63) is 52.7 Å². The number of aromatic nitrogens is 2. The van der Waals surface area contributed by atoms with Gasteiger partial charge >= 0.3 is 12.1 Å². The lowest BCUT2D eigenvalue weighted by Gasteiger charge is -2.42. The van der Waals surface area contributed by atoms with Crippen LogP contribution in [-0.4, -0.2) is 89.9 Å². The van der Waals surface area contributed by atoms with E-state index in [4.69, 9.17) is 31.0 Å². The molecule has 3 aromatic rings. The van der Waals surface area contributed by atoms with Crippen molar-refractivity contribution in [2.45, 2.75) is 70.7 Å². The summed E-state index contributed by atoms with van der Waals surface area (Å²) in [7, 11) is 2.13. The number of carbonyl (C=O) groups excluding carboxylic acids is 1. The molecule has 0 radical (unpaired) electrons. The molecule has 11 heteroatoms. The fourth-order valence-corrected chi connectivity index (χ4v) is 6.99. The molecular weight excluding hydrogens is 590 g/mol. The van der Waals surface area contributed by atoms with Crippen LogP contribution < -0.4 is 14.5 Å². The number of piperazine rings is 1. The molecule has 2 fully saturated rings. The van der Waals surface area contributed by atoms with Gasteiger partial charge in [0.25, 0.3) is 0 Å². The molecule has 0 aliphatic carbocycles. The fraction of sp³-hybridized carbons (Fsp3) is 0.529. The number of fused-ring (bicyclic) bond motifs is 2. The number of hydrogen-bond acceptors (Lipinski definition) is 9. The number of nitriles is 1. The second-order valence-corrected chi connectivity index (χ2v) is 13.7. The first-order valence-corrected chi connectivity index (χ1v) is 16.3. The lowest BCUT2D eigenvalue weighted by atomic mass is 10.0. The summed E-state index contributed by atoms with van der Waals surface area (Å²) >= 11 is 6.71. The quantitative estimate of drug-likeness (QED) is 0.341. The number of hydrogen-bond donors (Lipinski definition) is 0. The van der Waals surface area contributed by atoms with Crippen molar-refractivity contribution >= 4 is 40.0 Å². The molecule has 10 nitrogen and oxygen atoms in total. The van der Waals surface area contributed by atoms with E-state index in [0.29, 0.717) is 44.8 Å². The summed E-state index contributed by atoms with van der Waals surface area (Å²) in [5.41, 5.74) is 2.48. The van der Waals surface area contributed by atoms with Gasteiger partial charge in [-0.15, -0.1) is 0 Å². The van der Waals surface area contributed by atoms with E-state index < -0.39 is 5.60 Å². The zero-order valence-corrected chi connectivity index (χ0v) is 27.4. The van der Waals surface area contributed by atoms with Crippen LogP contribution in [0.15, 0.2) is 36.4 Å². The van der Waals surface area contributed by atoms with Crippen molar-refractivity contribution < 1.29 is 14.3 Å². The van der Waals surface area contributed by atoms with Gasteiger partial charge in [0, 0.05) is 48.9 Å². The van der Waals surface area contributed by atoms with Gasteiger partial charge in [0.05, 0.1) is 35.8 Å². The molecule has 6 rings (SSSR count). The van der Waals surface area contributed by atoms with E-state index in [1.54, 1.807) is 4.90 Å². The zero-order valence-electron chi connectivity index (χ0n) is 26.6. The topological polar surface area (TPSA) is 98.1 Å². The van der Waals surface area contributed by atoms with E-state index in [1.807, 2.05) is 32.9 Å². The Morgan fingerprint density at radius 3 is 2.60 bits per heavy atom. The van der Waals surface area contributed by atoms with E-state index in [9.17, 15) is 10.1 Å². The predicted octanol–water partition coefficient (Wildman–Crippen LogP) is 5.66. The first-order valence-electron chi connectivity index (χ1n) is 15.9. The van der Waals surface area contributed by atoms with Gasteiger partial charge in [-0.05, 0) is 71.1 Å². The summed E-state index contributed by atoms with van der Waals surface area (Å²) in [6.45, 7) is 10.0. The fourth-order valence-electron chi connectivity index (χ4n) is 6.71. The highest BCUT2D eigenvalue weighted by Gasteiger charge is 2.36. The van der Waals surface area contributed by atoms with Crippen LogP contribution in [0.3, 0.4) is 0 Å². The standard InChI is InChI=1S/C34H42ClN7O3/c1-34(2,3)45-33(43)42-19-18-41(20-24(42)13-15-36)31-26-14-17-40(29-12-6-9-23-8-5-11-27(35)30(23)29)21-28(26)37-32(38-31)44-22-25-10-7-16-39(25)4/h5-6,8-9,11-12,24-25H,7,10,13-14,16-22H2,1-4H3/t24-,25-/m0/s1. The van der Waals surface area contributed by atoms with Crippen LogP contribution in [0.5, 0.6) is 6.01 Å². The Hall–Kier alpha value is -3.81. The maximum atomic E-state index is 13.1. The molecule has 0 spiro atoms. The number of carbonyl (C=O) groups is 1. The molecule has 0 saturated carbocycles. The summed E-state index contributed by atoms with van der Waals surface area (Å²) in [5.74, 6) is 0.831. The van der Waals surface area contributed by atoms with Gasteiger partial charge in [-0.2, -0.15) is 15.2 Å². The van der Waals surface area contributed by atoms with Crippen LogP contribution >= 0.6 is 11.6 Å². The van der Waals surface area contributed by atoms with Gasteiger partial charge in [-0.3, -0.25) is 0 Å². The summed E-state index contributed by atoms with van der Waals surface area (Å²) in [5, 5.41) is 12.5. The van der Waals surface area contributed by atoms with E-state index in [0.717, 1.165) is 70.9 Å². The maximum Gasteiger partial charge on any atom is 0.410 e. The molecule has 0 bridgehead atoms. The number of halogens is 1. The smallest absolute Gasteiger partial charge is 0.410 e. The summed E-state index contributed by atoms with van der Waals surface area (Å²) in [6, 6.07) is 14.9. The summed E-state index contributed by atoms with van der Waals surface area (Å²) in [6.07, 6.45) is 2.81. The Morgan fingerprint density at radius 2 is 1.87 bits per heavy atom. The second kappa shape index (κ2) is 12.9. The minimum atomic E-state index is -0.614. The third-order valence-electron chi connectivity index (χ3n) is 9.01. The molecule has 2 aromatic carbocycles. The van der Waals surface area contributed by atoms with Crippen LogP contribution in [0.4, 0.5) is 16.3 Å². The Labute approximate surface area is 270 Å². The number of benzene rings is 2. The van der Waals surface area contributed by atoms with Crippen LogP contribution in [-0.2, 0) is 17.7 Å². The molecule has 1 aromatic heterocycles. The molecule has 2 saturated heterocycles. The highest BCUT2D eigenvalue weighted by atomic mass is 35.5. The summed E-state index contributed by atoms with van der Waals surface area (Å²) < 4.78 is 12.0. The number of anilines is 2. The molecule has 2 atom stereocenters. The maximum absolute atomic E-state index is 13.1. The van der Waals surface area contributed by atoms with Gasteiger partial charge in [0.1, 0.15) is 18.0 Å². The molecule has 1 amide bonds. The SMILES string of the molecule is CN1CCC[C@H]1COc1nc2c(c(N3CCN(C(=O)OC(C)(C)C)[C@@H](CC#N)C3)n1)CCN(c1cccc3cccc(Cl)c13)C2. The van der Waals surface area contributed by atoms with Crippen molar-refractivity contribution in [3.8, 4) is 12.1 Å². The Kier molecular flexibility index (Phi) is 8.94. The molecule has 4 heterocycles. The van der Waals surface area contributed by atoms with Crippen molar-refractivity contribution in [1.29, 1.82) is 5.26 Å². The minimum absolute atomic E-state index is 0.204. The third kappa shape index (κ3) is 6.75. The average Bonchev–Trinajstić information content (AvgIpc) is 3.42. The van der Waals surface area contributed by atoms with Crippen molar-refractivity contribution in [1.82, 2.24) is 19.8 Å². The number of nitrogens with zero attached hydrogens (tertiary/aromatic N) is 7. The van der Waals surface area contributed by atoms with E-state index in [2.05, 4.69) is 52.1 Å².